The number of aryl methyl sites for hydroxylation is 1. The largest absolute Gasteiger partial charge is 0.396 e. The van der Waals surface area contributed by atoms with E-state index in [-0.39, 0.29) is 31.1 Å². The Balaban J connectivity index is 1.81. The van der Waals surface area contributed by atoms with E-state index in [0.717, 1.165) is 10.4 Å². The van der Waals surface area contributed by atoms with Gasteiger partial charge >= 0.3 is 0 Å². The van der Waals surface area contributed by atoms with Crippen molar-refractivity contribution in [2.24, 2.45) is 0 Å². The molecule has 0 fully saturated rings. The number of hydrogen-bond donors (Lipinski definition) is 2. The van der Waals surface area contributed by atoms with Gasteiger partial charge in [0, 0.05) is 30.0 Å². The third-order valence-electron chi connectivity index (χ3n) is 3.23. The Kier molecular flexibility index (Phi) is 5.86. The number of nitrogens with one attached hydrogen (secondary N) is 1. The maximum atomic E-state index is 11.9. The predicted molar refractivity (Wildman–Crippen MR) is 88.5 cm³/mol. The minimum atomic E-state index is -0.170. The molecular weight excluding hydrogens is 298 g/mol. The van der Waals surface area contributed by atoms with E-state index in [9.17, 15) is 9.59 Å². The first kappa shape index (κ1) is 16.4. The summed E-state index contributed by atoms with van der Waals surface area (Å²) in [5.74, 6) is -0.164. The lowest BCUT2D eigenvalue weighted by molar-refractivity contribution is -0.116. The normalized spacial score (nSPS) is 10.5. The summed E-state index contributed by atoms with van der Waals surface area (Å²) in [5.41, 5.74) is 1.72. The van der Waals surface area contributed by atoms with Crippen LogP contribution in [0.1, 0.15) is 33.0 Å². The van der Waals surface area contributed by atoms with Gasteiger partial charge in [0.05, 0.1) is 4.88 Å². The average Bonchev–Trinajstić information content (AvgIpc) is 2.94. The third kappa shape index (κ3) is 4.79. The molecule has 116 valence electrons. The van der Waals surface area contributed by atoms with E-state index in [0.29, 0.717) is 17.0 Å². The molecule has 22 heavy (non-hydrogen) atoms. The SMILES string of the molecule is Cc1ccc(C(=O)CCC(=O)Nc2ccc(CCO)cc2)s1. The number of Topliss-reactive ketones (excluding diaryl/α,β-unsaturated/α-hetero) is 1. The van der Waals surface area contributed by atoms with Gasteiger partial charge in [-0.2, -0.15) is 0 Å². The molecular formula is C17H19NO3S. The molecule has 1 aromatic heterocycles. The Labute approximate surface area is 133 Å². The number of aliphatic hydroxyl groups is 1. The van der Waals surface area contributed by atoms with Gasteiger partial charge in [-0.3, -0.25) is 9.59 Å². The van der Waals surface area contributed by atoms with E-state index in [4.69, 9.17) is 5.11 Å². The Morgan fingerprint density at radius 3 is 2.41 bits per heavy atom. The zero-order valence-electron chi connectivity index (χ0n) is 12.5. The summed E-state index contributed by atoms with van der Waals surface area (Å²) < 4.78 is 0. The second kappa shape index (κ2) is 7.87. The van der Waals surface area contributed by atoms with Gasteiger partial charge < -0.3 is 10.4 Å². The summed E-state index contributed by atoms with van der Waals surface area (Å²) in [5, 5.41) is 11.6. The summed E-state index contributed by atoms with van der Waals surface area (Å²) >= 11 is 1.46. The van der Waals surface area contributed by atoms with Crippen LogP contribution < -0.4 is 5.32 Å². The smallest absolute Gasteiger partial charge is 0.224 e. The van der Waals surface area contributed by atoms with E-state index in [2.05, 4.69) is 5.32 Å². The molecule has 0 saturated heterocycles. The lowest BCUT2D eigenvalue weighted by Gasteiger charge is -2.06. The van der Waals surface area contributed by atoms with Gasteiger partial charge in [-0.25, -0.2) is 0 Å². The van der Waals surface area contributed by atoms with Crippen molar-refractivity contribution in [2.75, 3.05) is 11.9 Å². The first-order valence-corrected chi connectivity index (χ1v) is 7.99. The molecule has 5 heteroatoms. The van der Waals surface area contributed by atoms with Crippen LogP contribution in [0.15, 0.2) is 36.4 Å². The molecule has 0 unspecified atom stereocenters. The Bertz CT molecular complexity index is 646. The fraction of sp³-hybridized carbons (Fsp3) is 0.294. The van der Waals surface area contributed by atoms with E-state index < -0.39 is 0 Å². The second-order valence-corrected chi connectivity index (χ2v) is 6.34. The van der Waals surface area contributed by atoms with Gasteiger partial charge in [0.15, 0.2) is 5.78 Å². The molecule has 0 bridgehead atoms. The maximum Gasteiger partial charge on any atom is 0.224 e. The molecule has 0 aliphatic rings. The highest BCUT2D eigenvalue weighted by Crippen LogP contribution is 2.18. The van der Waals surface area contributed by atoms with Crippen molar-refractivity contribution in [3.8, 4) is 0 Å². The molecule has 2 aromatic rings. The van der Waals surface area contributed by atoms with E-state index >= 15 is 0 Å². The number of rotatable bonds is 7. The zero-order chi connectivity index (χ0) is 15.9. The summed E-state index contributed by atoms with van der Waals surface area (Å²) in [6.07, 6.45) is 0.992. The number of amides is 1. The van der Waals surface area contributed by atoms with Gasteiger partial charge in [-0.1, -0.05) is 12.1 Å². The van der Waals surface area contributed by atoms with E-state index in [1.165, 1.54) is 11.3 Å². The number of thiophene rings is 1. The van der Waals surface area contributed by atoms with Crippen molar-refractivity contribution >= 4 is 28.7 Å². The molecule has 0 saturated carbocycles. The van der Waals surface area contributed by atoms with Crippen LogP contribution in [0.25, 0.3) is 0 Å². The topological polar surface area (TPSA) is 66.4 Å². The third-order valence-corrected chi connectivity index (χ3v) is 4.27. The molecule has 4 nitrogen and oxygen atoms in total. The number of carbonyl (C=O) groups excluding carboxylic acids is 2. The van der Waals surface area contributed by atoms with E-state index in [1.54, 1.807) is 18.2 Å². The molecule has 0 aliphatic heterocycles. The van der Waals surface area contributed by atoms with Crippen molar-refractivity contribution in [1.29, 1.82) is 0 Å². The molecule has 0 atom stereocenters. The Hall–Kier alpha value is -1.98. The molecule has 0 aliphatic carbocycles. The van der Waals surface area contributed by atoms with Crippen LogP contribution in [0.3, 0.4) is 0 Å². The fourth-order valence-electron chi connectivity index (χ4n) is 2.04. The van der Waals surface area contributed by atoms with Gasteiger partial charge in [0.1, 0.15) is 0 Å². The second-order valence-electron chi connectivity index (χ2n) is 5.05. The van der Waals surface area contributed by atoms with Crippen LogP contribution in [-0.4, -0.2) is 23.4 Å². The monoisotopic (exact) mass is 317 g/mol. The molecule has 2 rings (SSSR count). The highest BCUT2D eigenvalue weighted by molar-refractivity contribution is 7.14. The first-order valence-electron chi connectivity index (χ1n) is 7.18. The maximum absolute atomic E-state index is 11.9. The minimum Gasteiger partial charge on any atom is -0.396 e. The van der Waals surface area contributed by atoms with Crippen molar-refractivity contribution < 1.29 is 14.7 Å². The van der Waals surface area contributed by atoms with Crippen molar-refractivity contribution in [1.82, 2.24) is 0 Å². The molecule has 1 heterocycles. The summed E-state index contributed by atoms with van der Waals surface area (Å²) in [7, 11) is 0. The summed E-state index contributed by atoms with van der Waals surface area (Å²) in [6, 6.07) is 11.0. The Morgan fingerprint density at radius 1 is 1.09 bits per heavy atom. The van der Waals surface area contributed by atoms with Crippen LogP contribution >= 0.6 is 11.3 Å². The van der Waals surface area contributed by atoms with Crippen LogP contribution in [0.5, 0.6) is 0 Å². The van der Waals surface area contributed by atoms with Crippen molar-refractivity contribution in [2.45, 2.75) is 26.2 Å². The van der Waals surface area contributed by atoms with Crippen LogP contribution in [0, 0.1) is 6.92 Å². The number of benzene rings is 1. The number of hydrogen-bond acceptors (Lipinski definition) is 4. The Morgan fingerprint density at radius 2 is 1.82 bits per heavy atom. The van der Waals surface area contributed by atoms with Crippen LogP contribution in [0.4, 0.5) is 5.69 Å². The first-order chi connectivity index (χ1) is 10.6. The number of anilines is 1. The molecule has 2 N–H and O–H groups in total. The van der Waals surface area contributed by atoms with Crippen LogP contribution in [0.2, 0.25) is 0 Å². The number of carbonyl (C=O) groups is 2. The minimum absolute atomic E-state index is 0.00606. The van der Waals surface area contributed by atoms with Gasteiger partial charge in [-0.15, -0.1) is 11.3 Å². The van der Waals surface area contributed by atoms with Crippen LogP contribution in [-0.2, 0) is 11.2 Å². The quantitative estimate of drug-likeness (QED) is 0.771. The highest BCUT2D eigenvalue weighted by atomic mass is 32.1. The molecule has 0 spiro atoms. The van der Waals surface area contributed by atoms with Crippen molar-refractivity contribution in [3.63, 3.8) is 0 Å². The van der Waals surface area contributed by atoms with E-state index in [1.807, 2.05) is 25.1 Å². The standard InChI is InChI=1S/C17H19NO3S/c1-12-2-8-16(22-12)15(20)7-9-17(21)18-14-5-3-13(4-6-14)10-11-19/h2-6,8,19H,7,9-11H2,1H3,(H,18,21). The highest BCUT2D eigenvalue weighted by Gasteiger charge is 2.11. The van der Waals surface area contributed by atoms with Gasteiger partial charge in [0.25, 0.3) is 0 Å². The predicted octanol–water partition coefficient (Wildman–Crippen LogP) is 3.19. The molecule has 1 aromatic carbocycles. The van der Waals surface area contributed by atoms with Gasteiger partial charge in [0.2, 0.25) is 5.91 Å². The molecule has 1 amide bonds. The number of ketones is 1. The number of aliphatic hydroxyl groups excluding tert-OH is 1. The summed E-state index contributed by atoms with van der Waals surface area (Å²) in [6.45, 7) is 2.06. The van der Waals surface area contributed by atoms with Crippen molar-refractivity contribution in [3.05, 3.63) is 51.7 Å². The lowest BCUT2D eigenvalue weighted by atomic mass is 10.1. The average molecular weight is 317 g/mol. The summed E-state index contributed by atoms with van der Waals surface area (Å²) in [4.78, 5) is 25.6. The molecule has 0 radical (unpaired) electrons. The van der Waals surface area contributed by atoms with Gasteiger partial charge in [-0.05, 0) is 43.2 Å². The zero-order valence-corrected chi connectivity index (χ0v) is 13.3. The lowest BCUT2D eigenvalue weighted by Crippen LogP contribution is -2.13. The fourth-order valence-corrected chi connectivity index (χ4v) is 2.88.